The molecule has 1 aromatic rings. The fraction of sp³-hybridized carbons (Fsp3) is 0.625. The first-order chi connectivity index (χ1) is 10.0. The van der Waals surface area contributed by atoms with Gasteiger partial charge in [0.15, 0.2) is 9.84 Å². The minimum Gasteiger partial charge on any atom is -0.497 e. The van der Waals surface area contributed by atoms with Crippen molar-refractivity contribution in [3.8, 4) is 5.75 Å². The van der Waals surface area contributed by atoms with Gasteiger partial charge in [0.25, 0.3) is 0 Å². The van der Waals surface area contributed by atoms with E-state index in [1.54, 1.807) is 7.11 Å². The molecule has 0 aliphatic heterocycles. The van der Waals surface area contributed by atoms with Crippen LogP contribution in [0.2, 0.25) is 0 Å². The zero-order valence-electron chi connectivity index (χ0n) is 13.0. The number of ether oxygens (including phenoxy) is 1. The molecule has 1 aliphatic rings. The number of hydrogen-bond acceptors (Lipinski definition) is 4. The Morgan fingerprint density at radius 2 is 1.76 bits per heavy atom. The van der Waals surface area contributed by atoms with Crippen LogP contribution in [-0.2, 0) is 9.84 Å². The van der Waals surface area contributed by atoms with Gasteiger partial charge in [-0.15, -0.1) is 0 Å². The average molecular weight is 311 g/mol. The number of sulfone groups is 1. The van der Waals surface area contributed by atoms with Gasteiger partial charge < -0.3 is 10.1 Å². The number of rotatable bonds is 6. The molecule has 1 aromatic carbocycles. The van der Waals surface area contributed by atoms with Crippen molar-refractivity contribution < 1.29 is 13.2 Å². The Morgan fingerprint density at radius 1 is 1.19 bits per heavy atom. The summed E-state index contributed by atoms with van der Waals surface area (Å²) in [6.07, 6.45) is 3.68. The second-order valence-corrected chi connectivity index (χ2v) is 8.33. The zero-order chi connectivity index (χ0) is 15.5. The third-order valence-corrected chi connectivity index (χ3v) is 7.25. The molecule has 0 radical (unpaired) electrons. The molecule has 2 unspecified atom stereocenters. The smallest absolute Gasteiger partial charge is 0.157 e. The average Bonchev–Trinajstić information content (AvgIpc) is 3.03. The molecule has 2 rings (SSSR count). The Bertz CT molecular complexity index is 547. The highest BCUT2D eigenvalue weighted by Gasteiger charge is 2.37. The fourth-order valence-electron chi connectivity index (χ4n) is 3.19. The van der Waals surface area contributed by atoms with E-state index in [1.165, 1.54) is 0 Å². The molecular formula is C16H25NO3S. The van der Waals surface area contributed by atoms with Crippen LogP contribution in [0.3, 0.4) is 0 Å². The van der Waals surface area contributed by atoms with Crippen molar-refractivity contribution in [3.63, 3.8) is 0 Å². The van der Waals surface area contributed by atoms with Gasteiger partial charge >= 0.3 is 0 Å². The normalized spacial score (nSPS) is 19.4. The van der Waals surface area contributed by atoms with Crippen LogP contribution < -0.4 is 10.1 Å². The first-order valence-corrected chi connectivity index (χ1v) is 9.15. The fourth-order valence-corrected chi connectivity index (χ4v) is 5.46. The minimum absolute atomic E-state index is 0.165. The molecule has 0 saturated heterocycles. The topological polar surface area (TPSA) is 55.4 Å². The summed E-state index contributed by atoms with van der Waals surface area (Å²) in [4.78, 5) is 0. The third kappa shape index (κ3) is 3.40. The van der Waals surface area contributed by atoms with E-state index in [0.717, 1.165) is 37.0 Å². The molecule has 1 aliphatic carbocycles. The second kappa shape index (κ2) is 6.79. The molecular weight excluding hydrogens is 286 g/mol. The molecule has 1 fully saturated rings. The Labute approximate surface area is 127 Å². The summed E-state index contributed by atoms with van der Waals surface area (Å²) in [6, 6.07) is 7.41. The molecule has 2 atom stereocenters. The van der Waals surface area contributed by atoms with Crippen molar-refractivity contribution in [1.29, 1.82) is 0 Å². The summed E-state index contributed by atoms with van der Waals surface area (Å²) in [7, 11) is 0.330. The highest BCUT2D eigenvalue weighted by atomic mass is 32.2. The van der Waals surface area contributed by atoms with Gasteiger partial charge in [-0.3, -0.25) is 0 Å². The van der Waals surface area contributed by atoms with Crippen molar-refractivity contribution in [3.05, 3.63) is 29.8 Å². The number of benzene rings is 1. The molecule has 5 heteroatoms. The first kappa shape index (κ1) is 16.3. The van der Waals surface area contributed by atoms with Crippen LogP contribution in [0.25, 0.3) is 0 Å². The van der Waals surface area contributed by atoms with Gasteiger partial charge in [-0.2, -0.15) is 0 Å². The van der Waals surface area contributed by atoms with E-state index in [-0.39, 0.29) is 11.3 Å². The standard InChI is InChI=1S/C16H25NO3S/c1-12(21(18,19)15-6-4-5-7-15)16(17-2)13-8-10-14(20-3)11-9-13/h8-12,15-17H,4-7H2,1-3H3. The minimum atomic E-state index is -3.11. The summed E-state index contributed by atoms with van der Waals surface area (Å²) in [5, 5.41) is 2.57. The van der Waals surface area contributed by atoms with Gasteiger partial charge in [-0.1, -0.05) is 25.0 Å². The highest BCUT2D eigenvalue weighted by molar-refractivity contribution is 7.92. The van der Waals surface area contributed by atoms with Gasteiger partial charge in [0.1, 0.15) is 5.75 Å². The van der Waals surface area contributed by atoms with Crippen molar-refractivity contribution in [2.45, 2.75) is 49.1 Å². The quantitative estimate of drug-likeness (QED) is 0.877. The van der Waals surface area contributed by atoms with E-state index in [0.29, 0.717) is 0 Å². The van der Waals surface area contributed by atoms with Gasteiger partial charge in [-0.05, 0) is 44.5 Å². The molecule has 0 bridgehead atoms. The summed E-state index contributed by atoms with van der Waals surface area (Å²) in [5.74, 6) is 0.778. The summed E-state index contributed by atoms with van der Waals surface area (Å²) < 4.78 is 30.7. The SMILES string of the molecule is CNC(c1ccc(OC)cc1)C(C)S(=O)(=O)C1CCCC1. The Hall–Kier alpha value is -1.07. The van der Waals surface area contributed by atoms with Crippen molar-refractivity contribution in [2.75, 3.05) is 14.2 Å². The van der Waals surface area contributed by atoms with Gasteiger partial charge in [0.05, 0.1) is 17.6 Å². The molecule has 0 heterocycles. The monoisotopic (exact) mass is 311 g/mol. The van der Waals surface area contributed by atoms with E-state index < -0.39 is 15.1 Å². The van der Waals surface area contributed by atoms with Crippen LogP contribution in [0.5, 0.6) is 5.75 Å². The predicted molar refractivity (Wildman–Crippen MR) is 85.4 cm³/mol. The van der Waals surface area contributed by atoms with Gasteiger partial charge in [0.2, 0.25) is 0 Å². The van der Waals surface area contributed by atoms with Crippen LogP contribution >= 0.6 is 0 Å². The molecule has 1 saturated carbocycles. The van der Waals surface area contributed by atoms with Crippen LogP contribution in [0.1, 0.15) is 44.2 Å². The molecule has 0 amide bonds. The number of methoxy groups -OCH3 is 1. The number of hydrogen-bond donors (Lipinski definition) is 1. The van der Waals surface area contributed by atoms with Crippen molar-refractivity contribution in [2.24, 2.45) is 0 Å². The largest absolute Gasteiger partial charge is 0.497 e. The zero-order valence-corrected chi connectivity index (χ0v) is 13.8. The Morgan fingerprint density at radius 3 is 2.24 bits per heavy atom. The highest BCUT2D eigenvalue weighted by Crippen LogP contribution is 2.32. The summed E-state index contributed by atoms with van der Waals surface area (Å²) in [5.41, 5.74) is 0.979. The van der Waals surface area contributed by atoms with E-state index in [1.807, 2.05) is 38.2 Å². The van der Waals surface area contributed by atoms with Crippen LogP contribution in [-0.4, -0.2) is 33.1 Å². The Balaban J connectivity index is 2.22. The number of nitrogens with one attached hydrogen (secondary N) is 1. The van der Waals surface area contributed by atoms with Crippen molar-refractivity contribution >= 4 is 9.84 Å². The van der Waals surface area contributed by atoms with E-state index >= 15 is 0 Å². The van der Waals surface area contributed by atoms with E-state index in [9.17, 15) is 8.42 Å². The lowest BCUT2D eigenvalue weighted by atomic mass is 10.0. The molecule has 4 nitrogen and oxygen atoms in total. The van der Waals surface area contributed by atoms with Crippen LogP contribution in [0.15, 0.2) is 24.3 Å². The predicted octanol–water partition coefficient (Wildman–Crippen LogP) is 2.70. The van der Waals surface area contributed by atoms with E-state index in [4.69, 9.17) is 4.74 Å². The summed E-state index contributed by atoms with van der Waals surface area (Å²) in [6.45, 7) is 1.82. The first-order valence-electron chi connectivity index (χ1n) is 7.54. The van der Waals surface area contributed by atoms with Crippen molar-refractivity contribution in [1.82, 2.24) is 5.32 Å². The van der Waals surface area contributed by atoms with Crippen LogP contribution in [0.4, 0.5) is 0 Å². The maximum Gasteiger partial charge on any atom is 0.157 e. The maximum absolute atomic E-state index is 12.8. The van der Waals surface area contributed by atoms with Gasteiger partial charge in [0, 0.05) is 6.04 Å². The second-order valence-electron chi connectivity index (χ2n) is 5.74. The lowest BCUT2D eigenvalue weighted by Gasteiger charge is -2.26. The molecule has 0 aromatic heterocycles. The lowest BCUT2D eigenvalue weighted by Crippen LogP contribution is -2.38. The van der Waals surface area contributed by atoms with E-state index in [2.05, 4.69) is 5.32 Å². The molecule has 1 N–H and O–H groups in total. The lowest BCUT2D eigenvalue weighted by molar-refractivity contribution is 0.414. The maximum atomic E-state index is 12.8. The van der Waals surface area contributed by atoms with Gasteiger partial charge in [-0.25, -0.2) is 8.42 Å². The van der Waals surface area contributed by atoms with Crippen LogP contribution in [0, 0.1) is 0 Å². The molecule has 21 heavy (non-hydrogen) atoms. The molecule has 0 spiro atoms. The third-order valence-electron chi connectivity index (χ3n) is 4.54. The Kier molecular flexibility index (Phi) is 5.27. The summed E-state index contributed by atoms with van der Waals surface area (Å²) >= 11 is 0. The molecule has 118 valence electrons.